The maximum atomic E-state index is 2.83. The summed E-state index contributed by atoms with van der Waals surface area (Å²) in [6, 6.07) is 0. The molecule has 0 bridgehead atoms. The van der Waals surface area contributed by atoms with Crippen LogP contribution in [-0.2, 0) is 0 Å². The summed E-state index contributed by atoms with van der Waals surface area (Å²) < 4.78 is 0. The SMILES string of the molecule is CCCC(CC(C)CC)C1C(CC)C1CCCC(CC)C(C(C)C(C)CC)C(C)(CC(C)CCCCC(C)CC)C1(C)CC1C. The lowest BCUT2D eigenvalue weighted by atomic mass is 9.52. The average molecular weight is 629 g/mol. The molecule has 0 aromatic carbocycles. The van der Waals surface area contributed by atoms with Gasteiger partial charge in [0, 0.05) is 0 Å². The molecule has 0 N–H and O–H groups in total. The van der Waals surface area contributed by atoms with Crippen LogP contribution in [0.25, 0.3) is 0 Å². The number of hydrogen-bond acceptors (Lipinski definition) is 0. The normalized spacial score (nSPS) is 31.3. The molecule has 0 aromatic rings. The molecular formula is C45H88. The second kappa shape index (κ2) is 19.3. The maximum absolute atomic E-state index is 2.83. The van der Waals surface area contributed by atoms with Gasteiger partial charge in [0.25, 0.3) is 0 Å². The summed E-state index contributed by atoms with van der Waals surface area (Å²) >= 11 is 0. The first-order valence-electron chi connectivity index (χ1n) is 21.3. The first-order valence-corrected chi connectivity index (χ1v) is 21.3. The highest BCUT2D eigenvalue weighted by molar-refractivity contribution is 5.11. The molecule has 2 saturated carbocycles. The van der Waals surface area contributed by atoms with Gasteiger partial charge in [-0.25, -0.2) is 0 Å². The Balaban J connectivity index is 2.22. The molecule has 2 rings (SSSR count). The van der Waals surface area contributed by atoms with Gasteiger partial charge in [-0.2, -0.15) is 0 Å². The van der Waals surface area contributed by atoms with Crippen molar-refractivity contribution in [3.63, 3.8) is 0 Å². The largest absolute Gasteiger partial charge is 0.0654 e. The molecular weight excluding hydrogens is 540 g/mol. The highest BCUT2D eigenvalue weighted by atomic mass is 14.7. The Bertz CT molecular complexity index is 783. The molecule has 0 spiro atoms. The van der Waals surface area contributed by atoms with Gasteiger partial charge >= 0.3 is 0 Å². The van der Waals surface area contributed by atoms with Gasteiger partial charge in [0.1, 0.15) is 0 Å². The van der Waals surface area contributed by atoms with E-state index in [0.29, 0.717) is 10.8 Å². The van der Waals surface area contributed by atoms with Crippen LogP contribution in [0.3, 0.4) is 0 Å². The van der Waals surface area contributed by atoms with Crippen molar-refractivity contribution in [3.05, 3.63) is 0 Å². The van der Waals surface area contributed by atoms with E-state index in [1.54, 1.807) is 0 Å². The second-order valence-corrected chi connectivity index (χ2v) is 18.5. The Morgan fingerprint density at radius 3 is 1.80 bits per heavy atom. The predicted octanol–water partition coefficient (Wildman–Crippen LogP) is 15.3. The van der Waals surface area contributed by atoms with Gasteiger partial charge in [0.2, 0.25) is 0 Å². The number of hydrogen-bond donors (Lipinski definition) is 0. The molecule has 0 amide bonds. The zero-order valence-corrected chi connectivity index (χ0v) is 33.9. The van der Waals surface area contributed by atoms with Crippen molar-refractivity contribution in [1.82, 2.24) is 0 Å². The Morgan fingerprint density at radius 1 is 0.711 bits per heavy atom. The lowest BCUT2D eigenvalue weighted by Crippen LogP contribution is -2.46. The average Bonchev–Trinajstić information content (AvgIpc) is 3.90. The molecule has 0 saturated heterocycles. The molecule has 2 fully saturated rings. The monoisotopic (exact) mass is 629 g/mol. The molecule has 0 aliphatic heterocycles. The van der Waals surface area contributed by atoms with Gasteiger partial charge in [-0.15, -0.1) is 0 Å². The van der Waals surface area contributed by atoms with Crippen LogP contribution in [-0.4, -0.2) is 0 Å². The molecule has 0 heteroatoms. The zero-order chi connectivity index (χ0) is 33.9. The molecule has 0 radical (unpaired) electrons. The second-order valence-electron chi connectivity index (χ2n) is 18.5. The summed E-state index contributed by atoms with van der Waals surface area (Å²) in [7, 11) is 0. The van der Waals surface area contributed by atoms with Crippen molar-refractivity contribution < 1.29 is 0 Å². The minimum atomic E-state index is 0.447. The van der Waals surface area contributed by atoms with E-state index in [2.05, 4.69) is 96.9 Å². The van der Waals surface area contributed by atoms with Crippen LogP contribution in [0, 0.1) is 81.8 Å². The first-order chi connectivity index (χ1) is 21.3. The molecule has 14 unspecified atom stereocenters. The van der Waals surface area contributed by atoms with Crippen LogP contribution in [0.1, 0.15) is 206 Å². The molecule has 2 aliphatic rings. The van der Waals surface area contributed by atoms with Crippen molar-refractivity contribution in [1.29, 1.82) is 0 Å². The van der Waals surface area contributed by atoms with Gasteiger partial charge < -0.3 is 0 Å². The van der Waals surface area contributed by atoms with E-state index in [-0.39, 0.29) is 0 Å². The highest BCUT2D eigenvalue weighted by Crippen LogP contribution is 2.70. The minimum Gasteiger partial charge on any atom is -0.0654 e. The Labute approximate surface area is 287 Å². The summed E-state index contributed by atoms with van der Waals surface area (Å²) in [6.45, 7) is 35.7. The highest BCUT2D eigenvalue weighted by Gasteiger charge is 2.63. The van der Waals surface area contributed by atoms with E-state index in [9.17, 15) is 0 Å². The molecule has 0 heterocycles. The van der Waals surface area contributed by atoms with E-state index < -0.39 is 0 Å². The van der Waals surface area contributed by atoms with Crippen LogP contribution >= 0.6 is 0 Å². The van der Waals surface area contributed by atoms with E-state index in [1.165, 1.54) is 109 Å². The van der Waals surface area contributed by atoms with E-state index in [0.717, 1.165) is 71.0 Å². The Morgan fingerprint density at radius 2 is 1.31 bits per heavy atom. The fraction of sp³-hybridized carbons (Fsp3) is 1.00. The first kappa shape index (κ1) is 41.2. The summed E-state index contributed by atoms with van der Waals surface area (Å²) in [4.78, 5) is 0. The Hall–Kier alpha value is 0. The number of rotatable bonds is 26. The summed E-state index contributed by atoms with van der Waals surface area (Å²) in [6.07, 6.45) is 24.3. The van der Waals surface area contributed by atoms with E-state index >= 15 is 0 Å². The van der Waals surface area contributed by atoms with Crippen molar-refractivity contribution in [2.45, 2.75) is 206 Å². The Kier molecular flexibility index (Phi) is 17.6. The van der Waals surface area contributed by atoms with E-state index in [4.69, 9.17) is 0 Å². The third-order valence-corrected chi connectivity index (χ3v) is 15.5. The smallest absolute Gasteiger partial charge is 0.0233 e. The van der Waals surface area contributed by atoms with Gasteiger partial charge in [-0.05, 0) is 108 Å². The zero-order valence-electron chi connectivity index (χ0n) is 33.9. The summed E-state index contributed by atoms with van der Waals surface area (Å²) in [5.74, 6) is 11.0. The fourth-order valence-corrected chi connectivity index (χ4v) is 11.3. The fourth-order valence-electron chi connectivity index (χ4n) is 11.3. The third kappa shape index (κ3) is 10.7. The van der Waals surface area contributed by atoms with Crippen LogP contribution in [0.2, 0.25) is 0 Å². The van der Waals surface area contributed by atoms with Gasteiger partial charge in [0.15, 0.2) is 0 Å². The van der Waals surface area contributed by atoms with Gasteiger partial charge in [0.05, 0.1) is 0 Å². The predicted molar refractivity (Wildman–Crippen MR) is 205 cm³/mol. The third-order valence-electron chi connectivity index (χ3n) is 15.5. The molecule has 2 aliphatic carbocycles. The van der Waals surface area contributed by atoms with Crippen molar-refractivity contribution in [2.24, 2.45) is 81.8 Å². The van der Waals surface area contributed by atoms with E-state index in [1.807, 2.05) is 0 Å². The van der Waals surface area contributed by atoms with Crippen LogP contribution in [0.5, 0.6) is 0 Å². The van der Waals surface area contributed by atoms with Crippen LogP contribution < -0.4 is 0 Å². The van der Waals surface area contributed by atoms with Crippen LogP contribution in [0.15, 0.2) is 0 Å². The van der Waals surface area contributed by atoms with Gasteiger partial charge in [-0.3, -0.25) is 0 Å². The molecule has 45 heavy (non-hydrogen) atoms. The summed E-state index contributed by atoms with van der Waals surface area (Å²) in [5, 5.41) is 0. The van der Waals surface area contributed by atoms with Crippen LogP contribution in [0.4, 0.5) is 0 Å². The topological polar surface area (TPSA) is 0 Å². The van der Waals surface area contributed by atoms with Gasteiger partial charge in [-0.1, -0.05) is 180 Å². The van der Waals surface area contributed by atoms with Crippen molar-refractivity contribution in [2.75, 3.05) is 0 Å². The summed E-state index contributed by atoms with van der Waals surface area (Å²) in [5.41, 5.74) is 0.971. The maximum Gasteiger partial charge on any atom is -0.0233 e. The standard InChI is InChI=1S/C45H88/c1-15-24-39(29-33(8)17-3)42-40(20-6)41(42)28-23-27-38(19-5)43(37(12)35(10)18-4)45(14,44(13)31-36(44)11)30-34(9)26-22-21-25-32(7)16-2/h32-43H,15-31H2,1-14H3. The molecule has 0 aromatic heterocycles. The lowest BCUT2D eigenvalue weighted by molar-refractivity contribution is -0.0404. The molecule has 14 atom stereocenters. The minimum absolute atomic E-state index is 0.447. The quantitative estimate of drug-likeness (QED) is 0.0836. The van der Waals surface area contributed by atoms with Crippen molar-refractivity contribution >= 4 is 0 Å². The molecule has 0 nitrogen and oxygen atoms in total. The number of unbranched alkanes of at least 4 members (excludes halogenated alkanes) is 1. The lowest BCUT2D eigenvalue weighted by Gasteiger charge is -2.52. The van der Waals surface area contributed by atoms with Crippen molar-refractivity contribution in [3.8, 4) is 0 Å². The molecule has 268 valence electrons.